The highest BCUT2D eigenvalue weighted by molar-refractivity contribution is 6.30. The first-order valence-corrected chi connectivity index (χ1v) is 10.6. The molecule has 0 spiro atoms. The quantitative estimate of drug-likeness (QED) is 0.424. The van der Waals surface area contributed by atoms with E-state index in [0.29, 0.717) is 41.8 Å². The van der Waals surface area contributed by atoms with Gasteiger partial charge in [0.05, 0.1) is 6.61 Å². The largest absolute Gasteiger partial charge is 0.460 e. The normalized spacial score (nSPS) is 10.9. The molecule has 158 valence electrons. The summed E-state index contributed by atoms with van der Waals surface area (Å²) in [7, 11) is 0. The van der Waals surface area contributed by atoms with Crippen LogP contribution in [0.2, 0.25) is 5.02 Å². The average molecular weight is 428 g/mol. The van der Waals surface area contributed by atoms with Gasteiger partial charge in [-0.15, -0.1) is 5.10 Å². The van der Waals surface area contributed by atoms with Crippen LogP contribution in [0.4, 0.5) is 0 Å². The number of nitrogens with zero attached hydrogens (tertiary/aromatic N) is 3. The zero-order valence-electron chi connectivity index (χ0n) is 17.3. The van der Waals surface area contributed by atoms with Gasteiger partial charge in [-0.1, -0.05) is 49.2 Å². The van der Waals surface area contributed by atoms with E-state index in [1.54, 1.807) is 18.2 Å². The van der Waals surface area contributed by atoms with Gasteiger partial charge in [0, 0.05) is 22.8 Å². The van der Waals surface area contributed by atoms with Crippen molar-refractivity contribution in [3.63, 3.8) is 0 Å². The van der Waals surface area contributed by atoms with Crippen LogP contribution in [-0.4, -0.2) is 40.5 Å². The Bertz CT molecular complexity index is 970. The molecule has 0 fully saturated rings. The summed E-state index contributed by atoms with van der Waals surface area (Å²) in [6.07, 6.45) is 3.26. The smallest absolute Gasteiger partial charge is 0.336 e. The number of aryl methyl sites for hydroxylation is 1. The maximum atomic E-state index is 13.2. The van der Waals surface area contributed by atoms with Gasteiger partial charge in [-0.25, -0.2) is 0 Å². The molecule has 0 aliphatic rings. The van der Waals surface area contributed by atoms with Crippen LogP contribution < -0.4 is 4.74 Å². The summed E-state index contributed by atoms with van der Waals surface area (Å²) in [5.74, 6) is 0.100. The van der Waals surface area contributed by atoms with Crippen LogP contribution in [0.3, 0.4) is 0 Å². The van der Waals surface area contributed by atoms with Gasteiger partial charge in [0.1, 0.15) is 6.61 Å². The van der Waals surface area contributed by atoms with E-state index in [4.69, 9.17) is 21.1 Å². The second-order valence-corrected chi connectivity index (χ2v) is 7.23. The molecule has 6 nitrogen and oxygen atoms in total. The van der Waals surface area contributed by atoms with Crippen molar-refractivity contribution < 1.29 is 14.3 Å². The third-order valence-corrected chi connectivity index (χ3v) is 4.78. The van der Waals surface area contributed by atoms with Crippen LogP contribution >= 0.6 is 11.6 Å². The van der Waals surface area contributed by atoms with E-state index in [2.05, 4.69) is 17.0 Å². The lowest BCUT2D eigenvalue weighted by Gasteiger charge is -2.06. The molecule has 7 heteroatoms. The van der Waals surface area contributed by atoms with Gasteiger partial charge >= 0.3 is 6.01 Å². The van der Waals surface area contributed by atoms with Crippen LogP contribution in [0, 0.1) is 0 Å². The molecule has 2 aromatic carbocycles. The molecule has 1 heterocycles. The molecule has 3 rings (SSSR count). The zero-order valence-corrected chi connectivity index (χ0v) is 18.1. The molecule has 0 unspecified atom stereocenters. The zero-order chi connectivity index (χ0) is 21.3. The Morgan fingerprint density at radius 1 is 1.10 bits per heavy atom. The summed E-state index contributed by atoms with van der Waals surface area (Å²) in [4.78, 5) is 17.6. The number of ether oxygens (including phenoxy) is 2. The molecular weight excluding hydrogens is 402 g/mol. The Morgan fingerprint density at radius 2 is 1.90 bits per heavy atom. The molecule has 1 aromatic heterocycles. The lowest BCUT2D eigenvalue weighted by Crippen LogP contribution is -2.15. The minimum atomic E-state index is -0.279. The Balaban J connectivity index is 1.88. The summed E-state index contributed by atoms with van der Waals surface area (Å²) in [6.45, 7) is 5.40. The van der Waals surface area contributed by atoms with Crippen LogP contribution in [0.5, 0.6) is 6.01 Å². The van der Waals surface area contributed by atoms with Crippen molar-refractivity contribution in [1.82, 2.24) is 14.8 Å². The molecule has 3 aromatic rings. The highest BCUT2D eigenvalue weighted by atomic mass is 35.5. The van der Waals surface area contributed by atoms with Crippen molar-refractivity contribution in [2.75, 3.05) is 19.8 Å². The highest BCUT2D eigenvalue weighted by Gasteiger charge is 2.20. The number of hydrogen-bond acceptors (Lipinski definition) is 5. The molecule has 0 radical (unpaired) electrons. The number of carbonyl (C=O) groups is 1. The van der Waals surface area contributed by atoms with Crippen molar-refractivity contribution in [2.45, 2.75) is 33.1 Å². The minimum absolute atomic E-state index is 0.123. The van der Waals surface area contributed by atoms with Gasteiger partial charge in [-0.3, -0.25) is 4.79 Å². The number of benzene rings is 2. The number of carbonyl (C=O) groups excluding carboxylic acids is 1. The fraction of sp³-hybridized carbons (Fsp3) is 0.348. The van der Waals surface area contributed by atoms with E-state index >= 15 is 0 Å². The van der Waals surface area contributed by atoms with Crippen molar-refractivity contribution in [1.29, 1.82) is 0 Å². The molecule has 0 saturated heterocycles. The predicted octanol–water partition coefficient (Wildman–Crippen LogP) is 5.04. The van der Waals surface area contributed by atoms with E-state index in [1.165, 1.54) is 10.2 Å². The maximum Gasteiger partial charge on any atom is 0.336 e. The van der Waals surface area contributed by atoms with E-state index in [0.717, 1.165) is 19.3 Å². The third kappa shape index (κ3) is 5.68. The summed E-state index contributed by atoms with van der Waals surface area (Å²) < 4.78 is 12.1. The number of halogens is 1. The first-order chi connectivity index (χ1) is 14.6. The van der Waals surface area contributed by atoms with E-state index in [1.807, 2.05) is 37.3 Å². The number of aromatic nitrogens is 3. The standard InChI is InChI=1S/C23H26ClN3O3/c1-3-5-7-17-10-12-18(13-11-17)22(28)27-21(19-8-6-9-20(24)16-19)25-23(26-27)30-15-14-29-4-2/h6,8-13,16H,3-5,7,14-15H2,1-2H3. The monoisotopic (exact) mass is 427 g/mol. The number of hydrogen-bond donors (Lipinski definition) is 0. The molecule has 0 bridgehead atoms. The van der Waals surface area contributed by atoms with Crippen molar-refractivity contribution >= 4 is 17.5 Å². The Labute approximate surface area is 181 Å². The van der Waals surface area contributed by atoms with E-state index in [-0.39, 0.29) is 11.9 Å². The second kappa shape index (κ2) is 10.9. The molecule has 30 heavy (non-hydrogen) atoms. The average Bonchev–Trinajstić information content (AvgIpc) is 3.19. The van der Waals surface area contributed by atoms with E-state index < -0.39 is 0 Å². The van der Waals surface area contributed by atoms with Crippen LogP contribution in [0.25, 0.3) is 11.4 Å². The predicted molar refractivity (Wildman–Crippen MR) is 117 cm³/mol. The minimum Gasteiger partial charge on any atom is -0.460 e. The molecule has 0 amide bonds. The summed E-state index contributed by atoms with van der Waals surface area (Å²) in [5, 5.41) is 4.85. The SMILES string of the molecule is CCCCc1ccc(C(=O)n2nc(OCCOCC)nc2-c2cccc(Cl)c2)cc1. The molecule has 0 atom stereocenters. The highest BCUT2D eigenvalue weighted by Crippen LogP contribution is 2.24. The van der Waals surface area contributed by atoms with Gasteiger partial charge < -0.3 is 9.47 Å². The lowest BCUT2D eigenvalue weighted by atomic mass is 10.1. The first-order valence-electron chi connectivity index (χ1n) is 10.2. The molecule has 0 saturated carbocycles. The summed E-state index contributed by atoms with van der Waals surface area (Å²) in [6, 6.07) is 14.9. The topological polar surface area (TPSA) is 66.2 Å². The second-order valence-electron chi connectivity index (χ2n) is 6.79. The van der Waals surface area contributed by atoms with Crippen molar-refractivity contribution in [3.8, 4) is 17.4 Å². The first kappa shape index (κ1) is 22.0. The molecule has 0 aliphatic carbocycles. The maximum absolute atomic E-state index is 13.2. The Kier molecular flexibility index (Phi) is 7.99. The van der Waals surface area contributed by atoms with Crippen LogP contribution in [0.1, 0.15) is 42.6 Å². The Morgan fingerprint density at radius 3 is 2.60 bits per heavy atom. The summed E-state index contributed by atoms with van der Waals surface area (Å²) in [5.41, 5.74) is 2.42. The van der Waals surface area contributed by atoms with Crippen LogP contribution in [-0.2, 0) is 11.2 Å². The fourth-order valence-electron chi connectivity index (χ4n) is 2.96. The molecule has 0 aliphatic heterocycles. The van der Waals surface area contributed by atoms with E-state index in [9.17, 15) is 4.79 Å². The number of rotatable bonds is 10. The van der Waals surface area contributed by atoms with Gasteiger partial charge in [0.15, 0.2) is 5.82 Å². The fourth-order valence-corrected chi connectivity index (χ4v) is 3.15. The van der Waals surface area contributed by atoms with Gasteiger partial charge in [-0.2, -0.15) is 9.67 Å². The molecule has 0 N–H and O–H groups in total. The number of unbranched alkanes of at least 4 members (excludes halogenated alkanes) is 1. The van der Waals surface area contributed by atoms with Gasteiger partial charge in [0.25, 0.3) is 5.91 Å². The van der Waals surface area contributed by atoms with Gasteiger partial charge in [0.2, 0.25) is 0 Å². The van der Waals surface area contributed by atoms with Crippen molar-refractivity contribution in [2.24, 2.45) is 0 Å². The third-order valence-electron chi connectivity index (χ3n) is 4.55. The lowest BCUT2D eigenvalue weighted by molar-refractivity contribution is 0.0938. The molecular formula is C23H26ClN3O3. The van der Waals surface area contributed by atoms with Crippen molar-refractivity contribution in [3.05, 3.63) is 64.7 Å². The Hall–Kier alpha value is -2.70. The van der Waals surface area contributed by atoms with Crippen LogP contribution in [0.15, 0.2) is 48.5 Å². The van der Waals surface area contributed by atoms with Gasteiger partial charge in [-0.05, 0) is 49.6 Å². The summed E-state index contributed by atoms with van der Waals surface area (Å²) >= 11 is 6.14.